The van der Waals surface area contributed by atoms with E-state index < -0.39 is 6.04 Å². The second-order valence-corrected chi connectivity index (χ2v) is 8.81. The van der Waals surface area contributed by atoms with Gasteiger partial charge in [0.25, 0.3) is 5.91 Å². The molecule has 0 radical (unpaired) electrons. The van der Waals surface area contributed by atoms with Crippen molar-refractivity contribution in [2.24, 2.45) is 0 Å². The van der Waals surface area contributed by atoms with Gasteiger partial charge >= 0.3 is 0 Å². The molecule has 1 N–H and O–H groups in total. The number of carbonyl (C=O) groups excluding carboxylic acids is 2. The molecule has 0 heterocycles. The van der Waals surface area contributed by atoms with Gasteiger partial charge in [0, 0.05) is 28.2 Å². The number of rotatable bonds is 10. The van der Waals surface area contributed by atoms with Gasteiger partial charge in [0.15, 0.2) is 6.61 Å². The molecule has 5 nitrogen and oxygen atoms in total. The second-order valence-electron chi connectivity index (χ2n) is 8.00. The minimum atomic E-state index is -0.674. The number of amides is 2. The van der Waals surface area contributed by atoms with E-state index in [0.29, 0.717) is 27.8 Å². The van der Waals surface area contributed by atoms with Crippen molar-refractivity contribution in [1.82, 2.24) is 10.2 Å². The van der Waals surface area contributed by atoms with Gasteiger partial charge in [0.2, 0.25) is 5.91 Å². The molecule has 0 aliphatic heterocycles. The molecule has 7 heteroatoms. The first-order valence-corrected chi connectivity index (χ1v) is 11.7. The van der Waals surface area contributed by atoms with Gasteiger partial charge in [-0.1, -0.05) is 49.2 Å². The Kier molecular flexibility index (Phi) is 9.85. The average molecular weight is 479 g/mol. The predicted molar refractivity (Wildman–Crippen MR) is 130 cm³/mol. The minimum absolute atomic E-state index is 0.00388. The topological polar surface area (TPSA) is 58.6 Å². The van der Waals surface area contributed by atoms with Crippen LogP contribution in [0, 0.1) is 13.8 Å². The first-order valence-electron chi connectivity index (χ1n) is 10.9. The van der Waals surface area contributed by atoms with Crippen LogP contribution >= 0.6 is 23.2 Å². The van der Waals surface area contributed by atoms with Crippen LogP contribution in [0.5, 0.6) is 5.75 Å². The number of hydrogen-bond acceptors (Lipinski definition) is 3. The fourth-order valence-electron chi connectivity index (χ4n) is 3.25. The van der Waals surface area contributed by atoms with Crippen LogP contribution in [0.4, 0.5) is 0 Å². The number of nitrogens with one attached hydrogen (secondary N) is 1. The highest BCUT2D eigenvalue weighted by atomic mass is 35.5. The highest BCUT2D eigenvalue weighted by molar-refractivity contribution is 6.36. The van der Waals surface area contributed by atoms with Crippen molar-refractivity contribution >= 4 is 35.0 Å². The standard InChI is InChI=1S/C25H32Cl2N2O3/c1-6-18(5)28-25(31)23(7-2)29(14-20-21(26)9-8-10-22(20)27)24(30)15-32-19-12-11-16(3)17(4)13-19/h8-13,18,23H,6-7,14-15H2,1-5H3,(H,28,31)/t18-,23-/m0/s1. The molecule has 0 aliphatic carbocycles. The van der Waals surface area contributed by atoms with Crippen molar-refractivity contribution in [1.29, 1.82) is 0 Å². The first-order chi connectivity index (χ1) is 15.2. The van der Waals surface area contributed by atoms with E-state index >= 15 is 0 Å². The SMILES string of the molecule is CC[C@H](C)NC(=O)[C@H](CC)N(Cc1c(Cl)cccc1Cl)C(=O)COc1ccc(C)c(C)c1. The van der Waals surface area contributed by atoms with Gasteiger partial charge in [-0.2, -0.15) is 0 Å². The predicted octanol–water partition coefficient (Wildman–Crippen LogP) is 5.71. The van der Waals surface area contributed by atoms with Gasteiger partial charge in [0.05, 0.1) is 0 Å². The van der Waals surface area contributed by atoms with E-state index in [-0.39, 0.29) is 31.0 Å². The Morgan fingerprint density at radius 1 is 1.03 bits per heavy atom. The summed E-state index contributed by atoms with van der Waals surface area (Å²) in [7, 11) is 0. The zero-order valence-corrected chi connectivity index (χ0v) is 20.9. The monoisotopic (exact) mass is 478 g/mol. The van der Waals surface area contributed by atoms with Crippen LogP contribution in [-0.2, 0) is 16.1 Å². The fourth-order valence-corrected chi connectivity index (χ4v) is 3.76. The fraction of sp³-hybridized carbons (Fsp3) is 0.440. The number of aryl methyl sites for hydroxylation is 2. The van der Waals surface area contributed by atoms with Gasteiger partial charge in [-0.25, -0.2) is 0 Å². The molecule has 2 amide bonds. The van der Waals surface area contributed by atoms with Crippen LogP contribution in [0.25, 0.3) is 0 Å². The highest BCUT2D eigenvalue weighted by Gasteiger charge is 2.30. The molecule has 2 aromatic carbocycles. The van der Waals surface area contributed by atoms with E-state index in [0.717, 1.165) is 17.5 Å². The quantitative estimate of drug-likeness (QED) is 0.475. The van der Waals surface area contributed by atoms with Gasteiger partial charge < -0.3 is 15.0 Å². The van der Waals surface area contributed by atoms with Crippen LogP contribution in [0.15, 0.2) is 36.4 Å². The lowest BCUT2D eigenvalue weighted by molar-refractivity contribution is -0.143. The lowest BCUT2D eigenvalue weighted by atomic mass is 10.1. The van der Waals surface area contributed by atoms with Gasteiger partial charge in [-0.3, -0.25) is 9.59 Å². The summed E-state index contributed by atoms with van der Waals surface area (Å²) in [6.45, 7) is 9.72. The largest absolute Gasteiger partial charge is 0.484 e. The number of halogens is 2. The molecule has 2 rings (SSSR count). The van der Waals surface area contributed by atoms with E-state index in [1.165, 1.54) is 4.90 Å². The maximum atomic E-state index is 13.3. The Labute approximate surface area is 201 Å². The summed E-state index contributed by atoms with van der Waals surface area (Å²) in [5.74, 6) is 0.0872. The molecule has 0 spiro atoms. The van der Waals surface area contributed by atoms with E-state index in [4.69, 9.17) is 27.9 Å². The summed E-state index contributed by atoms with van der Waals surface area (Å²) in [5, 5.41) is 3.87. The summed E-state index contributed by atoms with van der Waals surface area (Å²) < 4.78 is 5.77. The summed E-state index contributed by atoms with van der Waals surface area (Å²) in [5.41, 5.74) is 2.82. The van der Waals surface area contributed by atoms with E-state index in [1.807, 2.05) is 52.8 Å². The van der Waals surface area contributed by atoms with Crippen molar-refractivity contribution < 1.29 is 14.3 Å². The molecule has 0 saturated heterocycles. The molecule has 174 valence electrons. The van der Waals surface area contributed by atoms with Crippen molar-refractivity contribution in [2.75, 3.05) is 6.61 Å². The number of carbonyl (C=O) groups is 2. The summed E-state index contributed by atoms with van der Waals surface area (Å²) in [6, 6.07) is 10.2. The molecule has 0 aromatic heterocycles. The molecule has 0 aliphatic rings. The molecule has 2 atom stereocenters. The summed E-state index contributed by atoms with van der Waals surface area (Å²) in [4.78, 5) is 27.8. The molecular weight excluding hydrogens is 447 g/mol. The van der Waals surface area contributed by atoms with Crippen molar-refractivity contribution in [3.63, 3.8) is 0 Å². The third-order valence-corrected chi connectivity index (χ3v) is 6.33. The summed E-state index contributed by atoms with van der Waals surface area (Å²) >= 11 is 12.7. The molecule has 0 fully saturated rings. The molecule has 2 aromatic rings. The first kappa shape index (κ1) is 26.0. The van der Waals surface area contributed by atoms with Crippen LogP contribution < -0.4 is 10.1 Å². The smallest absolute Gasteiger partial charge is 0.261 e. The van der Waals surface area contributed by atoms with Crippen molar-refractivity contribution in [3.8, 4) is 5.75 Å². The van der Waals surface area contributed by atoms with E-state index in [1.54, 1.807) is 18.2 Å². The van der Waals surface area contributed by atoms with Crippen molar-refractivity contribution in [3.05, 3.63) is 63.1 Å². The Morgan fingerprint density at radius 3 is 2.25 bits per heavy atom. The Hall–Kier alpha value is -2.24. The highest BCUT2D eigenvalue weighted by Crippen LogP contribution is 2.27. The van der Waals surface area contributed by atoms with E-state index in [9.17, 15) is 9.59 Å². The minimum Gasteiger partial charge on any atom is -0.484 e. The second kappa shape index (κ2) is 12.1. The Balaban J connectivity index is 2.29. The molecule has 0 unspecified atom stereocenters. The van der Waals surface area contributed by atoms with Crippen LogP contribution in [0.1, 0.15) is 50.3 Å². The zero-order valence-electron chi connectivity index (χ0n) is 19.4. The molecule has 0 bridgehead atoms. The average Bonchev–Trinajstić information content (AvgIpc) is 2.76. The normalized spacial score (nSPS) is 12.7. The Bertz CT molecular complexity index is 929. The van der Waals surface area contributed by atoms with Crippen LogP contribution in [0.2, 0.25) is 10.0 Å². The lowest BCUT2D eigenvalue weighted by Crippen LogP contribution is -2.51. The molecule has 32 heavy (non-hydrogen) atoms. The summed E-state index contributed by atoms with van der Waals surface area (Å²) in [6.07, 6.45) is 1.24. The van der Waals surface area contributed by atoms with Crippen LogP contribution in [-0.4, -0.2) is 35.4 Å². The van der Waals surface area contributed by atoms with Crippen LogP contribution in [0.3, 0.4) is 0 Å². The van der Waals surface area contributed by atoms with Gasteiger partial charge in [-0.15, -0.1) is 0 Å². The Morgan fingerprint density at radius 2 is 1.69 bits per heavy atom. The third kappa shape index (κ3) is 6.88. The molecular formula is C25H32Cl2N2O3. The zero-order chi connectivity index (χ0) is 23.8. The van der Waals surface area contributed by atoms with Gasteiger partial charge in [-0.05, 0) is 69.0 Å². The third-order valence-electron chi connectivity index (χ3n) is 5.62. The van der Waals surface area contributed by atoms with Crippen molar-refractivity contribution in [2.45, 2.75) is 66.1 Å². The number of nitrogens with zero attached hydrogens (tertiary/aromatic N) is 1. The number of benzene rings is 2. The van der Waals surface area contributed by atoms with Gasteiger partial charge in [0.1, 0.15) is 11.8 Å². The number of ether oxygens (including phenoxy) is 1. The molecule has 0 saturated carbocycles. The maximum Gasteiger partial charge on any atom is 0.261 e. The van der Waals surface area contributed by atoms with E-state index in [2.05, 4.69) is 5.32 Å². The maximum absolute atomic E-state index is 13.3. The number of hydrogen-bond donors (Lipinski definition) is 1. The lowest BCUT2D eigenvalue weighted by Gasteiger charge is -2.32.